The summed E-state index contributed by atoms with van der Waals surface area (Å²) >= 11 is 0. The van der Waals surface area contributed by atoms with Crippen molar-refractivity contribution in [1.29, 1.82) is 0 Å². The number of anilines is 1. The summed E-state index contributed by atoms with van der Waals surface area (Å²) in [6, 6.07) is 19.9. The molecule has 1 aliphatic heterocycles. The van der Waals surface area contributed by atoms with Crippen LogP contribution in [0.2, 0.25) is 0 Å². The molecule has 0 saturated heterocycles. The number of hydrogen-bond acceptors (Lipinski definition) is 3. The van der Waals surface area contributed by atoms with Gasteiger partial charge in [-0.1, -0.05) is 30.3 Å². The summed E-state index contributed by atoms with van der Waals surface area (Å²) in [5.41, 5.74) is 9.37. The molecular weight excluding hydrogens is 502 g/mol. The van der Waals surface area contributed by atoms with Gasteiger partial charge in [0, 0.05) is 36.2 Å². The molecule has 5 N–H and O–H groups in total. The third-order valence-electron chi connectivity index (χ3n) is 6.69. The Labute approximate surface area is 223 Å². The van der Waals surface area contributed by atoms with E-state index in [1.165, 1.54) is 12.1 Å². The Bertz CT molecular complexity index is 1570. The average Bonchev–Trinajstić information content (AvgIpc) is 3.22. The van der Waals surface area contributed by atoms with Gasteiger partial charge in [-0.15, -0.1) is 0 Å². The van der Waals surface area contributed by atoms with Crippen molar-refractivity contribution in [2.75, 3.05) is 5.32 Å². The summed E-state index contributed by atoms with van der Waals surface area (Å²) in [5, 5.41) is 5.75. The van der Waals surface area contributed by atoms with Crippen molar-refractivity contribution >= 4 is 23.4 Å². The molecule has 0 saturated carbocycles. The summed E-state index contributed by atoms with van der Waals surface area (Å²) in [4.78, 5) is 40.9. The lowest BCUT2D eigenvalue weighted by molar-refractivity contribution is -0.392. The van der Waals surface area contributed by atoms with Gasteiger partial charge in [-0.25, -0.2) is 13.8 Å². The Morgan fingerprint density at radius 1 is 0.974 bits per heavy atom. The highest BCUT2D eigenvalue weighted by atomic mass is 19.1. The third kappa shape index (κ3) is 5.67. The van der Waals surface area contributed by atoms with E-state index >= 15 is 0 Å². The molecule has 2 heterocycles. The fourth-order valence-electron chi connectivity index (χ4n) is 4.94. The van der Waals surface area contributed by atoms with E-state index in [9.17, 15) is 23.2 Å². The van der Waals surface area contributed by atoms with E-state index in [1.807, 2.05) is 0 Å². The Kier molecular flexibility index (Phi) is 7.14. The number of rotatable bonds is 8. The highest BCUT2D eigenvalue weighted by Gasteiger charge is 2.33. The molecule has 4 aromatic rings. The number of primary amides is 1. The number of nitrogens with two attached hydrogens (primary N) is 1. The highest BCUT2D eigenvalue weighted by molar-refractivity contribution is 6.05. The van der Waals surface area contributed by atoms with E-state index in [0.717, 1.165) is 11.6 Å². The van der Waals surface area contributed by atoms with Gasteiger partial charge in [-0.3, -0.25) is 14.4 Å². The molecule has 3 amide bonds. The van der Waals surface area contributed by atoms with Crippen LogP contribution in [0, 0.1) is 11.6 Å². The third-order valence-corrected chi connectivity index (χ3v) is 6.69. The number of pyridine rings is 1. The lowest BCUT2D eigenvalue weighted by Crippen LogP contribution is -2.35. The molecule has 196 valence electrons. The van der Waals surface area contributed by atoms with Gasteiger partial charge in [0.1, 0.15) is 17.7 Å². The minimum Gasteiger partial charge on any atom is -0.366 e. The molecular formula is C30H25F2N4O3+. The van der Waals surface area contributed by atoms with Crippen molar-refractivity contribution in [3.63, 3.8) is 0 Å². The first kappa shape index (κ1) is 25.7. The monoisotopic (exact) mass is 527 g/mol. The maximum Gasteiger partial charge on any atom is 0.248 e. The molecule has 1 aromatic heterocycles. The second-order valence-corrected chi connectivity index (χ2v) is 9.38. The van der Waals surface area contributed by atoms with Gasteiger partial charge in [0.15, 0.2) is 6.20 Å². The molecule has 0 bridgehead atoms. The zero-order valence-corrected chi connectivity index (χ0v) is 20.7. The fourth-order valence-corrected chi connectivity index (χ4v) is 4.94. The zero-order chi connectivity index (χ0) is 27.5. The number of carbonyl (C=O) groups is 3. The number of aromatic nitrogens is 1. The maximum absolute atomic E-state index is 14.0. The summed E-state index contributed by atoms with van der Waals surface area (Å²) in [6.45, 7) is 0. The van der Waals surface area contributed by atoms with Gasteiger partial charge in [-0.05, 0) is 53.1 Å². The number of fused-ring (bicyclic) bond motifs is 1. The Balaban J connectivity index is 1.50. The molecule has 0 unspecified atom stereocenters. The van der Waals surface area contributed by atoms with Gasteiger partial charge in [0.25, 0.3) is 0 Å². The van der Waals surface area contributed by atoms with E-state index in [4.69, 9.17) is 5.73 Å². The van der Waals surface area contributed by atoms with Crippen LogP contribution >= 0.6 is 0 Å². The average molecular weight is 528 g/mol. The first-order valence-corrected chi connectivity index (χ1v) is 12.3. The van der Waals surface area contributed by atoms with Crippen LogP contribution in [0.15, 0.2) is 85.1 Å². The van der Waals surface area contributed by atoms with Crippen molar-refractivity contribution in [3.8, 4) is 11.1 Å². The SMILES string of the molecule is NC(=O)c1cccc(-c2ccc[nH+]c2[C@H](Cc2cc(F)cc(F)c2)NC(=O)C[C@H]2C(=O)Nc3ccccc32)c1. The lowest BCUT2D eigenvalue weighted by atomic mass is 9.93. The molecule has 39 heavy (non-hydrogen) atoms. The number of halogens is 2. The van der Waals surface area contributed by atoms with Crippen LogP contribution in [0.3, 0.4) is 0 Å². The predicted molar refractivity (Wildman–Crippen MR) is 140 cm³/mol. The Morgan fingerprint density at radius 2 is 1.74 bits per heavy atom. The molecule has 0 spiro atoms. The van der Waals surface area contributed by atoms with Gasteiger partial charge in [0.05, 0.1) is 11.5 Å². The lowest BCUT2D eigenvalue weighted by Gasteiger charge is -2.19. The first-order chi connectivity index (χ1) is 18.8. The number of para-hydroxylation sites is 1. The van der Waals surface area contributed by atoms with Crippen LogP contribution in [0.4, 0.5) is 14.5 Å². The standard InChI is InChI=1S/C30H24F2N4O3/c31-20-11-17(12-21(32)15-20)13-26(35-27(37)16-24-23-7-1-2-9-25(23)36-30(24)39)28-22(8-4-10-34-28)18-5-3-6-19(14-18)29(33)38/h1-12,14-15,24,26H,13,16H2,(H2,33,38)(H,35,37)(H,36,39)/p+1/t24-,26+/m1/s1. The zero-order valence-electron chi connectivity index (χ0n) is 20.7. The normalized spacial score (nSPS) is 14.8. The van der Waals surface area contributed by atoms with E-state index in [0.29, 0.717) is 33.6 Å². The van der Waals surface area contributed by atoms with Crippen LogP contribution in [0.25, 0.3) is 11.1 Å². The fraction of sp³-hybridized carbons (Fsp3) is 0.133. The van der Waals surface area contributed by atoms with E-state index in [-0.39, 0.29) is 18.7 Å². The van der Waals surface area contributed by atoms with Gasteiger partial charge in [-0.2, -0.15) is 0 Å². The Hall–Kier alpha value is -4.92. The van der Waals surface area contributed by atoms with Crippen LogP contribution in [-0.4, -0.2) is 17.7 Å². The molecule has 1 aliphatic rings. The van der Waals surface area contributed by atoms with E-state index < -0.39 is 35.4 Å². The molecule has 7 nitrogen and oxygen atoms in total. The Morgan fingerprint density at radius 3 is 2.51 bits per heavy atom. The largest absolute Gasteiger partial charge is 0.366 e. The summed E-state index contributed by atoms with van der Waals surface area (Å²) in [5.74, 6) is -3.41. The molecule has 0 fully saturated rings. The van der Waals surface area contributed by atoms with Crippen molar-refractivity contribution in [2.45, 2.75) is 24.8 Å². The van der Waals surface area contributed by atoms with Crippen LogP contribution in [0.5, 0.6) is 0 Å². The molecule has 9 heteroatoms. The van der Waals surface area contributed by atoms with E-state index in [1.54, 1.807) is 66.9 Å². The van der Waals surface area contributed by atoms with Gasteiger partial charge < -0.3 is 16.4 Å². The topological polar surface area (TPSA) is 115 Å². The minimum atomic E-state index is -0.758. The summed E-state index contributed by atoms with van der Waals surface area (Å²) in [7, 11) is 0. The van der Waals surface area contributed by atoms with Gasteiger partial charge in [0.2, 0.25) is 23.4 Å². The molecule has 2 atom stereocenters. The van der Waals surface area contributed by atoms with Crippen LogP contribution in [0.1, 0.15) is 45.6 Å². The van der Waals surface area contributed by atoms with Crippen molar-refractivity contribution in [3.05, 3.63) is 119 Å². The molecule has 0 aliphatic carbocycles. The highest BCUT2D eigenvalue weighted by Crippen LogP contribution is 2.35. The van der Waals surface area contributed by atoms with Gasteiger partial charge >= 0.3 is 0 Å². The van der Waals surface area contributed by atoms with E-state index in [2.05, 4.69) is 15.6 Å². The number of aromatic amines is 1. The number of hydrogen-bond donors (Lipinski definition) is 3. The molecule has 5 rings (SSSR count). The number of amides is 3. The number of benzene rings is 3. The summed E-state index contributed by atoms with van der Waals surface area (Å²) in [6.07, 6.45) is 1.61. The number of carbonyl (C=O) groups excluding carboxylic acids is 3. The van der Waals surface area contributed by atoms with Crippen molar-refractivity contribution in [1.82, 2.24) is 5.32 Å². The first-order valence-electron chi connectivity index (χ1n) is 12.3. The minimum absolute atomic E-state index is 0.0525. The number of nitrogens with one attached hydrogen (secondary N) is 3. The number of H-pyrrole nitrogens is 1. The van der Waals surface area contributed by atoms with Crippen LogP contribution in [-0.2, 0) is 16.0 Å². The van der Waals surface area contributed by atoms with Crippen LogP contribution < -0.4 is 21.4 Å². The second-order valence-electron chi connectivity index (χ2n) is 9.38. The maximum atomic E-state index is 14.0. The molecule has 0 radical (unpaired) electrons. The summed E-state index contributed by atoms with van der Waals surface area (Å²) < 4.78 is 28.1. The second kappa shape index (κ2) is 10.8. The van der Waals surface area contributed by atoms with Crippen molar-refractivity contribution < 1.29 is 28.1 Å². The quantitative estimate of drug-likeness (QED) is 0.321. The molecule has 3 aromatic carbocycles. The van der Waals surface area contributed by atoms with Crippen molar-refractivity contribution in [2.24, 2.45) is 5.73 Å². The predicted octanol–water partition coefficient (Wildman–Crippen LogP) is 4.07. The smallest absolute Gasteiger partial charge is 0.248 e.